The first-order chi connectivity index (χ1) is 15.3. The van der Waals surface area contributed by atoms with Crippen molar-refractivity contribution < 1.29 is 0 Å². The molecule has 2 aromatic heterocycles. The Morgan fingerprint density at radius 1 is 0.742 bits per heavy atom. The Bertz CT molecular complexity index is 1110. The highest BCUT2D eigenvalue weighted by atomic mass is 15.6. The average Bonchev–Trinajstić information content (AvgIpc) is 3.46. The molecule has 158 valence electrons. The molecule has 0 bridgehead atoms. The van der Waals surface area contributed by atoms with Crippen LogP contribution in [-0.4, -0.2) is 75.9 Å². The van der Waals surface area contributed by atoms with Crippen LogP contribution in [0.4, 0.5) is 0 Å². The van der Waals surface area contributed by atoms with Crippen molar-refractivity contribution in [3.8, 4) is 11.4 Å². The fraction of sp³-hybridized carbons (Fsp3) is 0.333. The molecule has 0 amide bonds. The number of rotatable bonds is 6. The van der Waals surface area contributed by atoms with Gasteiger partial charge in [0.15, 0.2) is 11.6 Å². The summed E-state index contributed by atoms with van der Waals surface area (Å²) in [6.45, 7) is 6.44. The molecular formula is C21H24N10. The number of piperazine rings is 1. The Labute approximate surface area is 180 Å². The van der Waals surface area contributed by atoms with Crippen LogP contribution in [0.5, 0.6) is 0 Å². The monoisotopic (exact) mass is 416 g/mol. The van der Waals surface area contributed by atoms with Crippen LogP contribution in [-0.2, 0) is 13.1 Å². The lowest BCUT2D eigenvalue weighted by Crippen LogP contribution is -2.51. The molecule has 1 atom stereocenters. The third-order valence-electron chi connectivity index (χ3n) is 5.63. The summed E-state index contributed by atoms with van der Waals surface area (Å²) in [6, 6.07) is 20.3. The Balaban J connectivity index is 1.24. The molecule has 0 N–H and O–H groups in total. The van der Waals surface area contributed by atoms with E-state index < -0.39 is 0 Å². The molecule has 4 aromatic rings. The van der Waals surface area contributed by atoms with Gasteiger partial charge in [0.2, 0.25) is 0 Å². The highest BCUT2D eigenvalue weighted by Gasteiger charge is 2.26. The normalized spacial score (nSPS) is 17.8. The maximum absolute atomic E-state index is 4.26. The minimum Gasteiger partial charge on any atom is -0.293 e. The van der Waals surface area contributed by atoms with Gasteiger partial charge >= 0.3 is 0 Å². The fourth-order valence-electron chi connectivity index (χ4n) is 3.98. The predicted octanol–water partition coefficient (Wildman–Crippen LogP) is 1.34. The van der Waals surface area contributed by atoms with E-state index in [0.29, 0.717) is 19.1 Å². The van der Waals surface area contributed by atoms with Crippen molar-refractivity contribution in [2.75, 3.05) is 19.6 Å². The van der Waals surface area contributed by atoms with Crippen molar-refractivity contribution in [1.29, 1.82) is 0 Å². The van der Waals surface area contributed by atoms with Gasteiger partial charge in [0.1, 0.15) is 0 Å². The number of tetrazole rings is 2. The molecule has 1 unspecified atom stereocenters. The van der Waals surface area contributed by atoms with Gasteiger partial charge < -0.3 is 0 Å². The molecule has 3 heterocycles. The van der Waals surface area contributed by atoms with E-state index in [1.807, 2.05) is 70.0 Å². The minimum atomic E-state index is 0.357. The first-order valence-corrected chi connectivity index (χ1v) is 10.4. The van der Waals surface area contributed by atoms with Crippen molar-refractivity contribution in [3.63, 3.8) is 0 Å². The number of hydrogen-bond acceptors (Lipinski definition) is 8. The zero-order valence-electron chi connectivity index (χ0n) is 17.4. The van der Waals surface area contributed by atoms with Crippen LogP contribution in [0.25, 0.3) is 11.4 Å². The highest BCUT2D eigenvalue weighted by molar-refractivity contribution is 5.31. The van der Waals surface area contributed by atoms with E-state index in [4.69, 9.17) is 0 Å². The van der Waals surface area contributed by atoms with Crippen LogP contribution < -0.4 is 0 Å². The van der Waals surface area contributed by atoms with Crippen LogP contribution in [0.1, 0.15) is 18.6 Å². The maximum Gasteiger partial charge on any atom is 0.170 e. The lowest BCUT2D eigenvalue weighted by Gasteiger charge is -2.39. The van der Waals surface area contributed by atoms with Crippen molar-refractivity contribution in [2.45, 2.75) is 26.1 Å². The topological polar surface area (TPSA) is 93.7 Å². The minimum absolute atomic E-state index is 0.357. The first-order valence-electron chi connectivity index (χ1n) is 10.4. The summed E-state index contributed by atoms with van der Waals surface area (Å²) in [5, 5.41) is 24.6. The summed E-state index contributed by atoms with van der Waals surface area (Å²) in [4.78, 5) is 4.81. The second kappa shape index (κ2) is 8.70. The third kappa shape index (κ3) is 4.21. The van der Waals surface area contributed by atoms with E-state index in [9.17, 15) is 0 Å². The summed E-state index contributed by atoms with van der Waals surface area (Å²) >= 11 is 0. The third-order valence-corrected chi connectivity index (χ3v) is 5.63. The van der Waals surface area contributed by atoms with Crippen molar-refractivity contribution >= 4 is 0 Å². The number of para-hydroxylation sites is 2. The number of aromatic nitrogens is 8. The predicted molar refractivity (Wildman–Crippen MR) is 113 cm³/mol. The van der Waals surface area contributed by atoms with E-state index in [1.54, 1.807) is 0 Å². The Morgan fingerprint density at radius 2 is 1.29 bits per heavy atom. The van der Waals surface area contributed by atoms with Gasteiger partial charge in [-0.25, -0.2) is 0 Å². The quantitative estimate of drug-likeness (QED) is 0.465. The SMILES string of the molecule is CC1CN(Cc2nnnn2-c2ccccc2)CCN1Cc1nnnn1-c1ccccc1. The molecule has 1 saturated heterocycles. The molecule has 5 rings (SSSR count). The molecule has 0 spiro atoms. The van der Waals surface area contributed by atoms with Gasteiger partial charge in [-0.05, 0) is 52.0 Å². The molecule has 10 heteroatoms. The molecule has 0 aliphatic carbocycles. The van der Waals surface area contributed by atoms with Gasteiger partial charge in [-0.2, -0.15) is 9.36 Å². The van der Waals surface area contributed by atoms with Crippen LogP contribution in [0.15, 0.2) is 60.7 Å². The summed E-state index contributed by atoms with van der Waals surface area (Å²) in [6.07, 6.45) is 0. The standard InChI is InChI=1S/C21H24N10/c1-17-14-28(15-20-22-24-26-30(20)18-8-4-2-5-9-18)12-13-29(17)16-21-23-25-27-31(21)19-10-6-3-7-11-19/h2-11,17H,12-16H2,1H3. The average molecular weight is 416 g/mol. The molecule has 31 heavy (non-hydrogen) atoms. The lowest BCUT2D eigenvalue weighted by atomic mass is 10.2. The molecule has 1 aliphatic rings. The van der Waals surface area contributed by atoms with Gasteiger partial charge in [0.25, 0.3) is 0 Å². The van der Waals surface area contributed by atoms with Gasteiger partial charge in [0, 0.05) is 25.7 Å². The molecule has 10 nitrogen and oxygen atoms in total. The summed E-state index contributed by atoms with van der Waals surface area (Å²) < 4.78 is 3.62. The highest BCUT2D eigenvalue weighted by Crippen LogP contribution is 2.17. The second-order valence-corrected chi connectivity index (χ2v) is 7.74. The van der Waals surface area contributed by atoms with E-state index in [2.05, 4.69) is 47.8 Å². The summed E-state index contributed by atoms with van der Waals surface area (Å²) in [7, 11) is 0. The van der Waals surface area contributed by atoms with E-state index in [1.165, 1.54) is 0 Å². The lowest BCUT2D eigenvalue weighted by molar-refractivity contribution is 0.0689. The van der Waals surface area contributed by atoms with E-state index in [-0.39, 0.29) is 0 Å². The molecule has 2 aromatic carbocycles. The summed E-state index contributed by atoms with van der Waals surface area (Å²) in [5.41, 5.74) is 1.95. The number of hydrogen-bond donors (Lipinski definition) is 0. The van der Waals surface area contributed by atoms with Crippen LogP contribution in [0.2, 0.25) is 0 Å². The number of nitrogens with zero attached hydrogens (tertiary/aromatic N) is 10. The Morgan fingerprint density at radius 3 is 1.84 bits per heavy atom. The molecule has 1 fully saturated rings. The van der Waals surface area contributed by atoms with Crippen LogP contribution >= 0.6 is 0 Å². The van der Waals surface area contributed by atoms with Gasteiger partial charge in [-0.3, -0.25) is 9.80 Å². The van der Waals surface area contributed by atoms with Gasteiger partial charge in [-0.1, -0.05) is 36.4 Å². The Kier molecular flexibility index (Phi) is 5.46. The zero-order valence-corrected chi connectivity index (χ0v) is 17.4. The molecule has 0 saturated carbocycles. The largest absolute Gasteiger partial charge is 0.293 e. The van der Waals surface area contributed by atoms with Crippen LogP contribution in [0.3, 0.4) is 0 Å². The van der Waals surface area contributed by atoms with Gasteiger partial charge in [-0.15, -0.1) is 10.2 Å². The van der Waals surface area contributed by atoms with E-state index >= 15 is 0 Å². The van der Waals surface area contributed by atoms with Crippen molar-refractivity contribution in [1.82, 2.24) is 50.2 Å². The first kappa shape index (κ1) is 19.5. The fourth-order valence-corrected chi connectivity index (χ4v) is 3.98. The number of benzene rings is 2. The zero-order chi connectivity index (χ0) is 21.0. The van der Waals surface area contributed by atoms with E-state index in [0.717, 1.165) is 42.7 Å². The van der Waals surface area contributed by atoms with Crippen molar-refractivity contribution in [3.05, 3.63) is 72.3 Å². The second-order valence-electron chi connectivity index (χ2n) is 7.74. The molecule has 1 aliphatic heterocycles. The van der Waals surface area contributed by atoms with Crippen molar-refractivity contribution in [2.24, 2.45) is 0 Å². The molecule has 0 radical (unpaired) electrons. The maximum atomic E-state index is 4.26. The van der Waals surface area contributed by atoms with Gasteiger partial charge in [0.05, 0.1) is 24.5 Å². The van der Waals surface area contributed by atoms with Crippen LogP contribution in [0, 0.1) is 0 Å². The molecular weight excluding hydrogens is 392 g/mol. The summed E-state index contributed by atoms with van der Waals surface area (Å²) in [5.74, 6) is 1.69. The smallest absolute Gasteiger partial charge is 0.170 e. The Hall–Kier alpha value is -3.50.